The average molecular weight is 410 g/mol. The second-order valence-corrected chi connectivity index (χ2v) is 8.86. The number of nitrogen functional groups attached to an aromatic ring is 1. The molecule has 1 saturated heterocycles. The molecular weight excluding hydrogens is 378 g/mol. The Balaban J connectivity index is 1.46. The van der Waals surface area contributed by atoms with Crippen LogP contribution in [0.15, 0.2) is 24.3 Å². The van der Waals surface area contributed by atoms with E-state index in [1.165, 1.54) is 0 Å². The van der Waals surface area contributed by atoms with Gasteiger partial charge in [0, 0.05) is 42.5 Å². The molecule has 1 fully saturated rings. The summed E-state index contributed by atoms with van der Waals surface area (Å²) in [6.45, 7) is 9.28. The van der Waals surface area contributed by atoms with Crippen LogP contribution in [0.25, 0.3) is 0 Å². The summed E-state index contributed by atoms with van der Waals surface area (Å²) < 4.78 is 6.31. The van der Waals surface area contributed by atoms with E-state index in [1.807, 2.05) is 52.0 Å². The Morgan fingerprint density at radius 2 is 1.90 bits per heavy atom. The number of phenolic OH excluding ortho intramolecular Hbond substituents is 1. The number of rotatable bonds is 3. The van der Waals surface area contributed by atoms with Gasteiger partial charge in [0.15, 0.2) is 5.60 Å². The summed E-state index contributed by atoms with van der Waals surface area (Å²) in [5.41, 5.74) is 10.3. The summed E-state index contributed by atoms with van der Waals surface area (Å²) in [6.07, 6.45) is 2.19. The van der Waals surface area contributed by atoms with E-state index in [-0.39, 0.29) is 11.9 Å². The first-order valence-corrected chi connectivity index (χ1v) is 10.6. The Morgan fingerprint density at radius 3 is 2.60 bits per heavy atom. The number of nitrogens with one attached hydrogen (secondary N) is 1. The van der Waals surface area contributed by atoms with Crippen LogP contribution in [0.4, 0.5) is 11.4 Å². The Hall–Kier alpha value is -2.89. The number of hydrogen-bond donors (Lipinski definition) is 3. The number of carbonyl (C=O) groups is 1. The maximum atomic E-state index is 13.2. The van der Waals surface area contributed by atoms with E-state index < -0.39 is 5.60 Å². The first-order chi connectivity index (χ1) is 14.2. The zero-order valence-electron chi connectivity index (χ0n) is 18.2. The molecule has 30 heavy (non-hydrogen) atoms. The van der Waals surface area contributed by atoms with Gasteiger partial charge in [0.25, 0.3) is 5.91 Å². The third-order valence-corrected chi connectivity index (χ3v) is 6.78. The number of hydrogen-bond acceptors (Lipinski definition) is 5. The molecule has 2 aromatic rings. The topological polar surface area (TPSA) is 87.8 Å². The number of aromatic hydroxyl groups is 1. The van der Waals surface area contributed by atoms with Crippen molar-refractivity contribution in [2.24, 2.45) is 0 Å². The highest BCUT2D eigenvalue weighted by atomic mass is 16.5. The maximum absolute atomic E-state index is 13.2. The summed E-state index contributed by atoms with van der Waals surface area (Å²) in [5, 5.41) is 13.6. The Kier molecular flexibility index (Phi) is 5.04. The molecule has 2 aliphatic heterocycles. The lowest BCUT2D eigenvalue weighted by Gasteiger charge is -2.37. The number of benzene rings is 2. The van der Waals surface area contributed by atoms with Crippen LogP contribution in [0.1, 0.15) is 42.0 Å². The molecule has 0 aromatic heterocycles. The Morgan fingerprint density at radius 1 is 1.20 bits per heavy atom. The van der Waals surface area contributed by atoms with Crippen LogP contribution in [-0.2, 0) is 11.2 Å². The highest BCUT2D eigenvalue weighted by Crippen LogP contribution is 2.43. The van der Waals surface area contributed by atoms with E-state index in [0.717, 1.165) is 58.9 Å². The summed E-state index contributed by atoms with van der Waals surface area (Å²) in [7, 11) is 0. The third kappa shape index (κ3) is 3.44. The van der Waals surface area contributed by atoms with Gasteiger partial charge in [0.2, 0.25) is 0 Å². The van der Waals surface area contributed by atoms with E-state index >= 15 is 0 Å². The van der Waals surface area contributed by atoms with Crippen molar-refractivity contribution < 1.29 is 14.6 Å². The van der Waals surface area contributed by atoms with Crippen molar-refractivity contribution in [3.05, 3.63) is 46.5 Å². The predicted molar refractivity (Wildman–Crippen MR) is 119 cm³/mol. The number of amides is 1. The van der Waals surface area contributed by atoms with Gasteiger partial charge in [0.1, 0.15) is 11.5 Å². The van der Waals surface area contributed by atoms with Crippen molar-refractivity contribution in [3.63, 3.8) is 0 Å². The molecule has 0 aliphatic carbocycles. The number of carbonyl (C=O) groups excluding carboxylic acids is 1. The van der Waals surface area contributed by atoms with Gasteiger partial charge in [-0.25, -0.2) is 0 Å². The molecule has 2 atom stereocenters. The van der Waals surface area contributed by atoms with E-state index in [4.69, 9.17) is 10.5 Å². The molecule has 6 nitrogen and oxygen atoms in total. The summed E-state index contributed by atoms with van der Waals surface area (Å²) >= 11 is 0. The second-order valence-electron chi connectivity index (χ2n) is 8.86. The molecule has 2 aliphatic rings. The lowest BCUT2D eigenvalue weighted by molar-refractivity contribution is -0.137. The van der Waals surface area contributed by atoms with Gasteiger partial charge < -0.3 is 25.8 Å². The van der Waals surface area contributed by atoms with Gasteiger partial charge in [-0.2, -0.15) is 0 Å². The number of phenols is 1. The van der Waals surface area contributed by atoms with Crippen LogP contribution in [0, 0.1) is 20.8 Å². The van der Waals surface area contributed by atoms with Crippen LogP contribution >= 0.6 is 0 Å². The van der Waals surface area contributed by atoms with Gasteiger partial charge in [-0.05, 0) is 81.5 Å². The largest absolute Gasteiger partial charge is 0.507 e. The lowest BCUT2D eigenvalue weighted by atomic mass is 9.86. The molecule has 6 heteroatoms. The van der Waals surface area contributed by atoms with Gasteiger partial charge in [0.05, 0.1) is 0 Å². The van der Waals surface area contributed by atoms with Crippen LogP contribution in [0.3, 0.4) is 0 Å². The highest BCUT2D eigenvalue weighted by molar-refractivity contribution is 5.86. The lowest BCUT2D eigenvalue weighted by Crippen LogP contribution is -2.54. The average Bonchev–Trinajstić information content (AvgIpc) is 3.19. The molecule has 2 aromatic carbocycles. The minimum Gasteiger partial charge on any atom is -0.507 e. The van der Waals surface area contributed by atoms with Gasteiger partial charge in [-0.15, -0.1) is 0 Å². The SMILES string of the molecule is Cc1c(C)c2c(c(C)c1O)CCC(C)(C(=O)NC1CCN(c3ccc(N)cc3)C1)O2. The van der Waals surface area contributed by atoms with Crippen molar-refractivity contribution in [2.45, 2.75) is 58.6 Å². The highest BCUT2D eigenvalue weighted by Gasteiger charge is 2.42. The van der Waals surface area contributed by atoms with Gasteiger partial charge >= 0.3 is 0 Å². The fourth-order valence-corrected chi connectivity index (χ4v) is 4.54. The molecular formula is C24H31N3O3. The molecule has 160 valence electrons. The van der Waals surface area contributed by atoms with E-state index in [1.54, 1.807) is 0 Å². The zero-order chi connectivity index (χ0) is 21.6. The third-order valence-electron chi connectivity index (χ3n) is 6.78. The van der Waals surface area contributed by atoms with Gasteiger partial charge in [-0.1, -0.05) is 0 Å². The molecule has 0 spiro atoms. The summed E-state index contributed by atoms with van der Waals surface area (Å²) in [4.78, 5) is 15.5. The van der Waals surface area contributed by atoms with Crippen LogP contribution in [0.2, 0.25) is 0 Å². The fraction of sp³-hybridized carbons (Fsp3) is 0.458. The van der Waals surface area contributed by atoms with Gasteiger partial charge in [-0.3, -0.25) is 4.79 Å². The molecule has 0 radical (unpaired) electrons. The van der Waals surface area contributed by atoms with E-state index in [9.17, 15) is 9.90 Å². The molecule has 2 unspecified atom stereocenters. The normalized spacial score (nSPS) is 23.1. The molecule has 0 saturated carbocycles. The molecule has 4 N–H and O–H groups in total. The fourth-order valence-electron chi connectivity index (χ4n) is 4.54. The number of anilines is 2. The molecule has 1 amide bonds. The smallest absolute Gasteiger partial charge is 0.264 e. The van der Waals surface area contributed by atoms with E-state index in [0.29, 0.717) is 18.6 Å². The quantitative estimate of drug-likeness (QED) is 0.677. The second kappa shape index (κ2) is 7.42. The molecule has 2 heterocycles. The van der Waals surface area contributed by atoms with Crippen molar-refractivity contribution in [1.82, 2.24) is 5.32 Å². The number of fused-ring (bicyclic) bond motifs is 1. The maximum Gasteiger partial charge on any atom is 0.264 e. The number of nitrogens with two attached hydrogens (primary N) is 1. The number of nitrogens with zero attached hydrogens (tertiary/aromatic N) is 1. The van der Waals surface area contributed by atoms with Crippen molar-refractivity contribution >= 4 is 17.3 Å². The monoisotopic (exact) mass is 409 g/mol. The standard InChI is InChI=1S/C24H31N3O3/c1-14-15(2)22-20(16(3)21(14)28)9-11-24(4,30-22)23(29)26-18-10-12-27(13-18)19-7-5-17(25)6-8-19/h5-8,18,28H,9-13,25H2,1-4H3,(H,26,29). The van der Waals surface area contributed by atoms with Crippen molar-refractivity contribution in [1.29, 1.82) is 0 Å². The van der Waals surface area contributed by atoms with Crippen LogP contribution in [0.5, 0.6) is 11.5 Å². The Labute approximate surface area is 178 Å². The van der Waals surface area contributed by atoms with Crippen molar-refractivity contribution in [2.75, 3.05) is 23.7 Å². The van der Waals surface area contributed by atoms with Crippen LogP contribution < -0.4 is 20.7 Å². The van der Waals surface area contributed by atoms with E-state index in [2.05, 4.69) is 10.2 Å². The number of ether oxygens (including phenoxy) is 1. The first kappa shape index (κ1) is 20.4. The molecule has 4 rings (SSSR count). The summed E-state index contributed by atoms with van der Waals surface area (Å²) in [5.74, 6) is 1.01. The van der Waals surface area contributed by atoms with Crippen molar-refractivity contribution in [3.8, 4) is 11.5 Å². The zero-order valence-corrected chi connectivity index (χ0v) is 18.2. The Bertz CT molecular complexity index is 986. The minimum atomic E-state index is -0.914. The first-order valence-electron chi connectivity index (χ1n) is 10.6. The summed E-state index contributed by atoms with van der Waals surface area (Å²) in [6, 6.07) is 7.93. The molecule has 0 bridgehead atoms. The minimum absolute atomic E-state index is 0.0694. The predicted octanol–water partition coefficient (Wildman–Crippen LogP) is 3.38. The van der Waals surface area contributed by atoms with Crippen LogP contribution in [-0.4, -0.2) is 35.7 Å².